The standard InChI is InChI=1S/C12H14ClN3O4S2/c13-11-12(15-10-6-2-1-5-9(10)14-11)16-22(19,20)8-4-3-7-21(17)18/h1-2,5-6,21H,3-4,7-8H2,(H,15,16). The van der Waals surface area contributed by atoms with E-state index in [1.807, 2.05) is 0 Å². The predicted molar refractivity (Wildman–Crippen MR) is 86.4 cm³/mol. The molecular weight excluding hydrogens is 350 g/mol. The minimum absolute atomic E-state index is 0.0264. The molecule has 120 valence electrons. The van der Waals surface area contributed by atoms with Gasteiger partial charge in [-0.25, -0.2) is 26.8 Å². The van der Waals surface area contributed by atoms with Crippen molar-refractivity contribution in [2.75, 3.05) is 16.2 Å². The van der Waals surface area contributed by atoms with Gasteiger partial charge in [-0.15, -0.1) is 0 Å². The molecule has 1 aromatic heterocycles. The number of anilines is 1. The molecule has 0 fully saturated rings. The number of hydrogen-bond donors (Lipinski definition) is 2. The third-order valence-electron chi connectivity index (χ3n) is 2.78. The number of aromatic nitrogens is 2. The summed E-state index contributed by atoms with van der Waals surface area (Å²) in [4.78, 5) is 8.21. The number of para-hydroxylation sites is 2. The summed E-state index contributed by atoms with van der Waals surface area (Å²) in [6.07, 6.45) is 0.522. The Morgan fingerprint density at radius 2 is 1.73 bits per heavy atom. The number of unbranched alkanes of at least 4 members (excludes halogenated alkanes) is 1. The summed E-state index contributed by atoms with van der Waals surface area (Å²) in [5.41, 5.74) is 1.09. The topological polar surface area (TPSA) is 106 Å². The highest BCUT2D eigenvalue weighted by Gasteiger charge is 2.15. The van der Waals surface area contributed by atoms with Crippen LogP contribution in [0.25, 0.3) is 11.0 Å². The molecule has 22 heavy (non-hydrogen) atoms. The SMILES string of the molecule is O=[SH](=O)CCCCS(=O)(=O)Nc1nc2ccccc2nc1Cl. The number of sulfonamides is 1. The van der Waals surface area contributed by atoms with Crippen molar-refractivity contribution in [1.29, 1.82) is 0 Å². The van der Waals surface area contributed by atoms with Crippen LogP contribution < -0.4 is 4.72 Å². The number of nitrogens with one attached hydrogen (secondary N) is 1. The molecule has 10 heteroatoms. The first-order valence-corrected chi connectivity index (χ1v) is 9.81. The van der Waals surface area contributed by atoms with Gasteiger partial charge in [-0.3, -0.25) is 4.72 Å². The fourth-order valence-electron chi connectivity index (χ4n) is 1.77. The minimum atomic E-state index is -3.66. The van der Waals surface area contributed by atoms with E-state index >= 15 is 0 Å². The number of hydrogen-bond acceptors (Lipinski definition) is 6. The number of halogens is 1. The van der Waals surface area contributed by atoms with Gasteiger partial charge in [-0.1, -0.05) is 23.7 Å². The Hall–Kier alpha value is -1.45. The third-order valence-corrected chi connectivity index (χ3v) is 5.06. The van der Waals surface area contributed by atoms with Crippen LogP contribution in [-0.4, -0.2) is 38.3 Å². The molecule has 1 aromatic carbocycles. The Balaban J connectivity index is 2.10. The third kappa shape index (κ3) is 4.79. The van der Waals surface area contributed by atoms with Crippen LogP contribution >= 0.6 is 11.6 Å². The molecular formula is C12H14ClN3O4S2. The summed E-state index contributed by atoms with van der Waals surface area (Å²) in [6, 6.07) is 6.95. The zero-order chi connectivity index (χ0) is 16.2. The van der Waals surface area contributed by atoms with E-state index in [4.69, 9.17) is 11.6 Å². The van der Waals surface area contributed by atoms with Crippen LogP contribution in [0.2, 0.25) is 5.15 Å². The first kappa shape index (κ1) is 16.9. The van der Waals surface area contributed by atoms with Crippen LogP contribution in [0.4, 0.5) is 5.82 Å². The van der Waals surface area contributed by atoms with Crippen LogP contribution in [0, 0.1) is 0 Å². The molecule has 2 aromatic rings. The lowest BCUT2D eigenvalue weighted by Crippen LogP contribution is -2.18. The number of thiol groups is 1. The average Bonchev–Trinajstić information content (AvgIpc) is 2.44. The summed E-state index contributed by atoms with van der Waals surface area (Å²) in [5.74, 6) is -0.266. The van der Waals surface area contributed by atoms with Crippen molar-refractivity contribution in [3.05, 3.63) is 29.4 Å². The van der Waals surface area contributed by atoms with E-state index in [0.29, 0.717) is 11.0 Å². The molecule has 0 aliphatic carbocycles. The van der Waals surface area contributed by atoms with Gasteiger partial charge in [-0.05, 0) is 25.0 Å². The fraction of sp³-hybridized carbons (Fsp3) is 0.333. The van der Waals surface area contributed by atoms with Gasteiger partial charge in [0.05, 0.1) is 16.8 Å². The number of benzene rings is 1. The first-order chi connectivity index (χ1) is 10.4. The van der Waals surface area contributed by atoms with Crippen LogP contribution in [0.1, 0.15) is 12.8 Å². The molecule has 0 atom stereocenters. The van der Waals surface area contributed by atoms with E-state index in [2.05, 4.69) is 14.7 Å². The van der Waals surface area contributed by atoms with Crippen LogP contribution in [0.5, 0.6) is 0 Å². The predicted octanol–water partition coefficient (Wildman–Crippen LogP) is 1.42. The minimum Gasteiger partial charge on any atom is -0.265 e. The van der Waals surface area contributed by atoms with E-state index in [0.717, 1.165) is 0 Å². The van der Waals surface area contributed by atoms with Crippen molar-refractivity contribution in [2.45, 2.75) is 12.8 Å². The van der Waals surface area contributed by atoms with Gasteiger partial charge < -0.3 is 0 Å². The maximum absolute atomic E-state index is 11.9. The maximum atomic E-state index is 11.9. The Morgan fingerprint density at radius 3 is 2.36 bits per heavy atom. The van der Waals surface area contributed by atoms with Crippen molar-refractivity contribution >= 4 is 49.2 Å². The fourth-order valence-corrected chi connectivity index (χ4v) is 3.62. The van der Waals surface area contributed by atoms with Crippen molar-refractivity contribution < 1.29 is 16.8 Å². The normalized spacial score (nSPS) is 11.9. The smallest absolute Gasteiger partial charge is 0.233 e. The number of rotatable bonds is 7. The quantitative estimate of drug-likeness (QED) is 0.569. The zero-order valence-corrected chi connectivity index (χ0v) is 13.9. The van der Waals surface area contributed by atoms with Gasteiger partial charge in [0.25, 0.3) is 0 Å². The van der Waals surface area contributed by atoms with Gasteiger partial charge in [0.15, 0.2) is 11.0 Å². The summed E-state index contributed by atoms with van der Waals surface area (Å²) >= 11 is 5.93. The van der Waals surface area contributed by atoms with Gasteiger partial charge in [0, 0.05) is 5.75 Å². The average molecular weight is 364 g/mol. The highest BCUT2D eigenvalue weighted by molar-refractivity contribution is 7.92. The lowest BCUT2D eigenvalue weighted by Gasteiger charge is -2.09. The molecule has 0 saturated carbocycles. The largest absolute Gasteiger partial charge is 0.265 e. The van der Waals surface area contributed by atoms with Crippen molar-refractivity contribution in [3.8, 4) is 0 Å². The Morgan fingerprint density at radius 1 is 1.09 bits per heavy atom. The van der Waals surface area contributed by atoms with E-state index in [1.165, 1.54) is 0 Å². The highest BCUT2D eigenvalue weighted by Crippen LogP contribution is 2.22. The molecule has 0 saturated heterocycles. The second kappa shape index (κ2) is 7.21. The Kier molecular flexibility index (Phi) is 5.54. The number of fused-ring (bicyclic) bond motifs is 1. The molecule has 1 heterocycles. The lowest BCUT2D eigenvalue weighted by molar-refractivity contribution is 0.595. The van der Waals surface area contributed by atoms with Crippen molar-refractivity contribution in [3.63, 3.8) is 0 Å². The van der Waals surface area contributed by atoms with E-state index in [1.54, 1.807) is 24.3 Å². The molecule has 0 unspecified atom stereocenters. The van der Waals surface area contributed by atoms with Crippen molar-refractivity contribution in [2.24, 2.45) is 0 Å². The molecule has 0 amide bonds. The second-order valence-electron chi connectivity index (χ2n) is 4.54. The molecule has 2 rings (SSSR count). The number of nitrogens with zero attached hydrogens (tertiary/aromatic N) is 2. The van der Waals surface area contributed by atoms with Gasteiger partial charge in [-0.2, -0.15) is 0 Å². The summed E-state index contributed by atoms with van der Waals surface area (Å²) in [6.45, 7) is 0. The molecule has 7 nitrogen and oxygen atoms in total. The Bertz CT molecular complexity index is 845. The summed E-state index contributed by atoms with van der Waals surface area (Å²) in [5, 5.41) is -0.0371. The first-order valence-electron chi connectivity index (χ1n) is 6.42. The summed E-state index contributed by atoms with van der Waals surface area (Å²) < 4.78 is 47.0. The van der Waals surface area contributed by atoms with E-state index in [-0.39, 0.29) is 35.3 Å². The molecule has 0 radical (unpaired) electrons. The molecule has 0 aliphatic heterocycles. The van der Waals surface area contributed by atoms with Gasteiger partial charge in [0.2, 0.25) is 10.0 Å². The van der Waals surface area contributed by atoms with E-state index in [9.17, 15) is 16.8 Å². The van der Waals surface area contributed by atoms with E-state index < -0.39 is 20.7 Å². The Labute approximate surface area is 134 Å². The van der Waals surface area contributed by atoms with Crippen molar-refractivity contribution in [1.82, 2.24) is 9.97 Å². The molecule has 0 bridgehead atoms. The van der Waals surface area contributed by atoms with Gasteiger partial charge >= 0.3 is 0 Å². The molecule has 1 N–H and O–H groups in total. The van der Waals surface area contributed by atoms with Crippen LogP contribution in [0.3, 0.4) is 0 Å². The van der Waals surface area contributed by atoms with Gasteiger partial charge in [0.1, 0.15) is 10.7 Å². The monoisotopic (exact) mass is 363 g/mol. The van der Waals surface area contributed by atoms with Crippen LogP contribution in [-0.2, 0) is 20.7 Å². The zero-order valence-electron chi connectivity index (χ0n) is 11.4. The highest BCUT2D eigenvalue weighted by atomic mass is 35.5. The molecule has 0 spiro atoms. The maximum Gasteiger partial charge on any atom is 0.233 e. The van der Waals surface area contributed by atoms with Crippen LogP contribution in [0.15, 0.2) is 24.3 Å². The second-order valence-corrected chi connectivity index (χ2v) is 7.85. The molecule has 0 aliphatic rings. The lowest BCUT2D eigenvalue weighted by atomic mass is 10.3. The summed E-state index contributed by atoms with van der Waals surface area (Å²) in [7, 11) is -6.14.